The van der Waals surface area contributed by atoms with E-state index in [9.17, 15) is 5.11 Å². The van der Waals surface area contributed by atoms with E-state index in [1.165, 1.54) is 0 Å². The summed E-state index contributed by atoms with van der Waals surface area (Å²) in [5.74, 6) is 0.923. The first kappa shape index (κ1) is 13.2. The minimum atomic E-state index is 0.132. The minimum Gasteiger partial charge on any atom is -0.497 e. The number of methoxy groups -OCH3 is 1. The number of hydrogen-bond donors (Lipinski definition) is 2. The molecule has 2 N–H and O–H groups in total. The molecule has 2 aromatic carbocycles. The number of aromatic nitrogens is 1. The maximum absolute atomic E-state index is 10.0. The van der Waals surface area contributed by atoms with Crippen molar-refractivity contribution in [1.29, 1.82) is 0 Å². The molecule has 0 saturated heterocycles. The van der Waals surface area contributed by atoms with Crippen molar-refractivity contribution in [2.45, 2.75) is 6.92 Å². The lowest BCUT2D eigenvalue weighted by atomic mass is 10.1. The number of aromatic amines is 1. The van der Waals surface area contributed by atoms with E-state index in [4.69, 9.17) is 4.74 Å². The molecule has 3 rings (SSSR count). The first-order chi connectivity index (χ1) is 10.2. The van der Waals surface area contributed by atoms with Crippen LogP contribution in [-0.4, -0.2) is 23.4 Å². The molecule has 0 amide bonds. The van der Waals surface area contributed by atoms with Crippen LogP contribution < -0.4 is 4.74 Å². The second kappa shape index (κ2) is 5.32. The van der Waals surface area contributed by atoms with E-state index in [0.717, 1.165) is 27.9 Å². The number of nitrogens with zero attached hydrogens (tertiary/aromatic N) is 1. The summed E-state index contributed by atoms with van der Waals surface area (Å²) in [4.78, 5) is 7.36. The van der Waals surface area contributed by atoms with Crippen LogP contribution >= 0.6 is 0 Å². The summed E-state index contributed by atoms with van der Waals surface area (Å²) in [6, 6.07) is 13.4. The molecule has 106 valence electrons. The van der Waals surface area contributed by atoms with Gasteiger partial charge in [-0.15, -0.1) is 0 Å². The van der Waals surface area contributed by atoms with Gasteiger partial charge in [0.25, 0.3) is 0 Å². The molecule has 0 spiro atoms. The minimum absolute atomic E-state index is 0.132. The molecule has 21 heavy (non-hydrogen) atoms. The fourth-order valence-electron chi connectivity index (χ4n) is 2.26. The predicted octanol–water partition coefficient (Wildman–Crippen LogP) is 3.94. The van der Waals surface area contributed by atoms with Crippen molar-refractivity contribution >= 4 is 22.8 Å². The molecule has 1 heterocycles. The fourth-order valence-corrected chi connectivity index (χ4v) is 2.26. The van der Waals surface area contributed by atoms with Crippen molar-refractivity contribution in [2.24, 2.45) is 4.99 Å². The molecule has 0 fully saturated rings. The number of aliphatic imine (C=N–C) groups is 1. The molecule has 0 aliphatic carbocycles. The number of aromatic hydroxyl groups is 1. The van der Waals surface area contributed by atoms with Crippen LogP contribution in [0, 0.1) is 6.92 Å². The molecule has 0 aliphatic rings. The predicted molar refractivity (Wildman–Crippen MR) is 84.9 cm³/mol. The van der Waals surface area contributed by atoms with Crippen LogP contribution in [0.1, 0.15) is 11.1 Å². The lowest BCUT2D eigenvalue weighted by molar-refractivity contribution is 0.415. The molecule has 0 radical (unpaired) electrons. The molecule has 0 saturated carbocycles. The lowest BCUT2D eigenvalue weighted by Gasteiger charge is -1.99. The lowest BCUT2D eigenvalue weighted by Crippen LogP contribution is -1.81. The highest BCUT2D eigenvalue weighted by Crippen LogP contribution is 2.27. The van der Waals surface area contributed by atoms with Gasteiger partial charge in [0.1, 0.15) is 5.75 Å². The number of hydrogen-bond acceptors (Lipinski definition) is 3. The van der Waals surface area contributed by atoms with E-state index in [-0.39, 0.29) is 5.88 Å². The highest BCUT2D eigenvalue weighted by Gasteiger charge is 2.08. The SMILES string of the molecule is COc1ccc(N=Cc2c(O)[nH]c3cc(C)ccc23)cc1. The third kappa shape index (κ3) is 2.60. The van der Waals surface area contributed by atoms with E-state index < -0.39 is 0 Å². The van der Waals surface area contributed by atoms with Crippen LogP contribution in [-0.2, 0) is 0 Å². The number of aryl methyl sites for hydroxylation is 1. The number of rotatable bonds is 3. The summed E-state index contributed by atoms with van der Waals surface area (Å²) < 4.78 is 5.11. The van der Waals surface area contributed by atoms with E-state index in [1.54, 1.807) is 13.3 Å². The smallest absolute Gasteiger partial charge is 0.198 e. The van der Waals surface area contributed by atoms with Crippen LogP contribution in [0.3, 0.4) is 0 Å². The summed E-state index contributed by atoms with van der Waals surface area (Å²) in [6.45, 7) is 2.02. The van der Waals surface area contributed by atoms with Crippen LogP contribution in [0.4, 0.5) is 5.69 Å². The average Bonchev–Trinajstić information content (AvgIpc) is 2.80. The Morgan fingerprint density at radius 3 is 2.62 bits per heavy atom. The van der Waals surface area contributed by atoms with Crippen LogP contribution in [0.5, 0.6) is 11.6 Å². The fraction of sp³-hybridized carbons (Fsp3) is 0.118. The second-order valence-electron chi connectivity index (χ2n) is 4.89. The number of fused-ring (bicyclic) bond motifs is 1. The zero-order chi connectivity index (χ0) is 14.8. The Bertz CT molecular complexity index is 802. The molecule has 0 aliphatic heterocycles. The van der Waals surface area contributed by atoms with Gasteiger partial charge in [-0.2, -0.15) is 0 Å². The zero-order valence-corrected chi connectivity index (χ0v) is 11.9. The number of ether oxygens (including phenoxy) is 1. The summed E-state index contributed by atoms with van der Waals surface area (Å²) in [5.41, 5.74) is 3.54. The van der Waals surface area contributed by atoms with Crippen LogP contribution in [0.15, 0.2) is 47.5 Å². The normalized spacial score (nSPS) is 11.3. The van der Waals surface area contributed by atoms with Crippen LogP contribution in [0.25, 0.3) is 10.9 Å². The van der Waals surface area contributed by atoms with Crippen LogP contribution in [0.2, 0.25) is 0 Å². The van der Waals surface area contributed by atoms with E-state index in [1.807, 2.05) is 49.4 Å². The maximum Gasteiger partial charge on any atom is 0.198 e. The monoisotopic (exact) mass is 280 g/mol. The Labute approximate surface area is 122 Å². The van der Waals surface area contributed by atoms with Crippen molar-refractivity contribution in [3.8, 4) is 11.6 Å². The largest absolute Gasteiger partial charge is 0.497 e. The van der Waals surface area contributed by atoms with Crippen molar-refractivity contribution in [3.63, 3.8) is 0 Å². The van der Waals surface area contributed by atoms with Gasteiger partial charge in [-0.1, -0.05) is 12.1 Å². The van der Waals surface area contributed by atoms with Crippen molar-refractivity contribution in [2.75, 3.05) is 7.11 Å². The number of benzene rings is 2. The van der Waals surface area contributed by atoms with Gasteiger partial charge >= 0.3 is 0 Å². The van der Waals surface area contributed by atoms with Gasteiger partial charge in [0.05, 0.1) is 18.4 Å². The Hall–Kier alpha value is -2.75. The van der Waals surface area contributed by atoms with Gasteiger partial charge in [0.2, 0.25) is 0 Å². The summed E-state index contributed by atoms with van der Waals surface area (Å²) in [7, 11) is 1.63. The summed E-state index contributed by atoms with van der Waals surface area (Å²) >= 11 is 0. The van der Waals surface area contributed by atoms with Crippen molar-refractivity contribution in [3.05, 3.63) is 53.6 Å². The average molecular weight is 280 g/mol. The maximum atomic E-state index is 10.0. The second-order valence-corrected chi connectivity index (χ2v) is 4.89. The summed E-state index contributed by atoms with van der Waals surface area (Å²) in [6.07, 6.45) is 1.67. The molecule has 3 aromatic rings. The van der Waals surface area contributed by atoms with Crippen molar-refractivity contribution in [1.82, 2.24) is 4.98 Å². The Morgan fingerprint density at radius 2 is 1.90 bits per heavy atom. The van der Waals surface area contributed by atoms with Gasteiger partial charge in [-0.05, 0) is 42.8 Å². The van der Waals surface area contributed by atoms with E-state index in [0.29, 0.717) is 5.56 Å². The van der Waals surface area contributed by atoms with Gasteiger partial charge in [-0.3, -0.25) is 4.99 Å². The molecular weight excluding hydrogens is 264 g/mol. The van der Waals surface area contributed by atoms with E-state index in [2.05, 4.69) is 9.98 Å². The van der Waals surface area contributed by atoms with Crippen molar-refractivity contribution < 1.29 is 9.84 Å². The Balaban J connectivity index is 1.96. The first-order valence-electron chi connectivity index (χ1n) is 6.67. The molecule has 4 nitrogen and oxygen atoms in total. The highest BCUT2D eigenvalue weighted by molar-refractivity contribution is 6.02. The summed E-state index contributed by atoms with van der Waals surface area (Å²) in [5, 5.41) is 11.0. The van der Waals surface area contributed by atoms with Gasteiger partial charge in [0.15, 0.2) is 5.88 Å². The standard InChI is InChI=1S/C17H16N2O2/c1-11-3-8-14-15(17(20)19-16(14)9-11)10-18-12-4-6-13(21-2)7-5-12/h3-10,19-20H,1-2H3. The van der Waals surface area contributed by atoms with E-state index >= 15 is 0 Å². The third-order valence-electron chi connectivity index (χ3n) is 3.39. The molecule has 0 unspecified atom stereocenters. The quantitative estimate of drug-likeness (QED) is 0.714. The van der Waals surface area contributed by atoms with Gasteiger partial charge in [0, 0.05) is 17.1 Å². The Kier molecular flexibility index (Phi) is 3.36. The highest BCUT2D eigenvalue weighted by atomic mass is 16.5. The zero-order valence-electron chi connectivity index (χ0n) is 11.9. The van der Waals surface area contributed by atoms with Gasteiger partial charge in [-0.25, -0.2) is 0 Å². The topological polar surface area (TPSA) is 57.6 Å². The molecule has 1 aromatic heterocycles. The molecule has 4 heteroatoms. The third-order valence-corrected chi connectivity index (χ3v) is 3.39. The first-order valence-corrected chi connectivity index (χ1v) is 6.67. The number of nitrogens with one attached hydrogen (secondary N) is 1. The van der Waals surface area contributed by atoms with Gasteiger partial charge < -0.3 is 14.8 Å². The Morgan fingerprint density at radius 1 is 1.14 bits per heavy atom. The molecule has 0 atom stereocenters. The number of H-pyrrole nitrogens is 1. The molecular formula is C17H16N2O2. The molecule has 0 bridgehead atoms.